The van der Waals surface area contributed by atoms with E-state index in [4.69, 9.17) is 5.73 Å². The van der Waals surface area contributed by atoms with Crippen LogP contribution in [-0.2, 0) is 19.3 Å². The van der Waals surface area contributed by atoms with Gasteiger partial charge in [-0.3, -0.25) is 8.98 Å². The number of carbonyl (C=O) groups is 1. The molecule has 2 saturated carbocycles. The Morgan fingerprint density at radius 2 is 2.19 bits per heavy atom. The topological polar surface area (TPSA) is 98.5 Å². The number of nitrogens with two attached hydrogens (primary N) is 1. The molecule has 90 valence electrons. The Hall–Kier alpha value is -0.920. The molecule has 2 aliphatic carbocycles. The quantitative estimate of drug-likeness (QED) is 0.633. The van der Waals surface area contributed by atoms with Gasteiger partial charge in [0, 0.05) is 5.92 Å². The van der Waals surface area contributed by atoms with Gasteiger partial charge in [-0.1, -0.05) is 6.08 Å². The average molecular weight is 246 g/mol. The van der Waals surface area contributed by atoms with Crippen LogP contribution in [0.5, 0.6) is 0 Å². The van der Waals surface area contributed by atoms with Crippen molar-refractivity contribution in [2.75, 3.05) is 0 Å². The molecule has 16 heavy (non-hydrogen) atoms. The van der Waals surface area contributed by atoms with Gasteiger partial charge in [0.05, 0.1) is 6.10 Å². The van der Waals surface area contributed by atoms with E-state index in [1.165, 1.54) is 0 Å². The maximum atomic E-state index is 11.6. The maximum Gasteiger partial charge on any atom is 0.362 e. The molecule has 3 N–H and O–H groups in total. The zero-order valence-corrected chi connectivity index (χ0v) is 9.50. The summed E-state index contributed by atoms with van der Waals surface area (Å²) in [6, 6.07) is 0. The van der Waals surface area contributed by atoms with Gasteiger partial charge in [-0.05, 0) is 19.3 Å². The predicted octanol–water partition coefficient (Wildman–Crippen LogP) is -0.570. The van der Waals surface area contributed by atoms with Crippen molar-refractivity contribution in [2.24, 2.45) is 11.7 Å². The van der Waals surface area contributed by atoms with Crippen molar-refractivity contribution < 1.29 is 17.4 Å². The van der Waals surface area contributed by atoms with Gasteiger partial charge < -0.3 is 5.73 Å². The highest BCUT2D eigenvalue weighted by atomic mass is 32.2. The van der Waals surface area contributed by atoms with Gasteiger partial charge in [-0.15, -0.1) is 6.58 Å². The molecular weight excluding hydrogens is 232 g/mol. The Labute approximate surface area is 94.1 Å². The van der Waals surface area contributed by atoms with E-state index in [0.29, 0.717) is 19.3 Å². The average Bonchev–Trinajstić information content (AvgIpc) is 3.03. The lowest BCUT2D eigenvalue weighted by atomic mass is 10.2. The van der Waals surface area contributed by atoms with Crippen molar-refractivity contribution >= 4 is 16.2 Å². The second-order valence-corrected chi connectivity index (χ2v) is 5.57. The second-order valence-electron chi connectivity index (χ2n) is 4.27. The smallest absolute Gasteiger partial charge is 0.317 e. The van der Waals surface area contributed by atoms with Crippen molar-refractivity contribution in [3.8, 4) is 0 Å². The minimum absolute atomic E-state index is 0.163. The minimum atomic E-state index is -4.01. The molecule has 1 amide bonds. The second kappa shape index (κ2) is 3.54. The number of hydrogen-bond donors (Lipinski definition) is 2. The third kappa shape index (κ3) is 2.26. The fourth-order valence-electron chi connectivity index (χ4n) is 1.44. The summed E-state index contributed by atoms with van der Waals surface area (Å²) in [6.45, 7) is 3.51. The number of amides is 1. The van der Waals surface area contributed by atoms with Gasteiger partial charge in [0.2, 0.25) is 0 Å². The summed E-state index contributed by atoms with van der Waals surface area (Å²) in [7, 11) is -4.01. The standard InChI is InChI=1S/C9H14N2O4S/c1-2-6-5-9(6,10)8(12)11-16(13,14)15-7-3-4-7/h2,6-7H,1,3-5,10H2,(H,11,12)/t6-,9-/m1/s1. The molecule has 0 heterocycles. The molecule has 2 rings (SSSR count). The van der Waals surface area contributed by atoms with Gasteiger partial charge in [-0.25, -0.2) is 4.72 Å². The molecule has 2 fully saturated rings. The Bertz CT molecular complexity index is 429. The van der Waals surface area contributed by atoms with Gasteiger partial charge in [0.1, 0.15) is 5.54 Å². The van der Waals surface area contributed by atoms with E-state index in [9.17, 15) is 13.2 Å². The largest absolute Gasteiger partial charge is 0.362 e. The first kappa shape index (κ1) is 11.6. The highest BCUT2D eigenvalue weighted by Gasteiger charge is 2.56. The first-order valence-electron chi connectivity index (χ1n) is 5.04. The molecule has 0 aromatic rings. The Kier molecular flexibility index (Phi) is 2.56. The number of carbonyl (C=O) groups excluding carboxylic acids is 1. The van der Waals surface area contributed by atoms with Gasteiger partial charge in [-0.2, -0.15) is 8.42 Å². The van der Waals surface area contributed by atoms with Crippen LogP contribution in [0.15, 0.2) is 12.7 Å². The minimum Gasteiger partial charge on any atom is -0.317 e. The molecule has 2 aliphatic rings. The van der Waals surface area contributed by atoms with Crippen LogP contribution in [0.2, 0.25) is 0 Å². The van der Waals surface area contributed by atoms with E-state index in [1.807, 2.05) is 4.72 Å². The molecule has 2 atom stereocenters. The van der Waals surface area contributed by atoms with E-state index < -0.39 is 21.8 Å². The normalized spacial score (nSPS) is 33.2. The van der Waals surface area contributed by atoms with Crippen LogP contribution in [0, 0.1) is 5.92 Å². The third-order valence-electron chi connectivity index (χ3n) is 2.77. The molecule has 7 heteroatoms. The number of rotatable bonds is 5. The van der Waals surface area contributed by atoms with Crippen LogP contribution in [0.25, 0.3) is 0 Å². The first-order valence-corrected chi connectivity index (χ1v) is 6.45. The van der Waals surface area contributed by atoms with Crippen molar-refractivity contribution in [3.05, 3.63) is 12.7 Å². The zero-order chi connectivity index (χ0) is 12.0. The summed E-state index contributed by atoms with van der Waals surface area (Å²) in [5.74, 6) is -0.887. The van der Waals surface area contributed by atoms with Gasteiger partial charge in [0.15, 0.2) is 0 Å². The molecule has 0 saturated heterocycles. The zero-order valence-electron chi connectivity index (χ0n) is 8.68. The predicted molar refractivity (Wildman–Crippen MR) is 56.4 cm³/mol. The molecule has 0 aromatic heterocycles. The molecule has 0 unspecified atom stereocenters. The van der Waals surface area contributed by atoms with Crippen molar-refractivity contribution in [1.29, 1.82) is 0 Å². The van der Waals surface area contributed by atoms with Crippen LogP contribution in [-0.4, -0.2) is 26.0 Å². The molecule has 0 aliphatic heterocycles. The van der Waals surface area contributed by atoms with Crippen LogP contribution < -0.4 is 10.5 Å². The maximum absolute atomic E-state index is 11.6. The van der Waals surface area contributed by atoms with E-state index in [2.05, 4.69) is 10.8 Å². The van der Waals surface area contributed by atoms with Crippen LogP contribution in [0.1, 0.15) is 19.3 Å². The van der Waals surface area contributed by atoms with Crippen LogP contribution in [0.3, 0.4) is 0 Å². The Balaban J connectivity index is 1.94. The van der Waals surface area contributed by atoms with E-state index >= 15 is 0 Å². The monoisotopic (exact) mass is 246 g/mol. The summed E-state index contributed by atoms with van der Waals surface area (Å²) in [6.07, 6.45) is 3.10. The lowest BCUT2D eigenvalue weighted by Crippen LogP contribution is -2.47. The van der Waals surface area contributed by atoms with Gasteiger partial charge in [0.25, 0.3) is 5.91 Å². The van der Waals surface area contributed by atoms with Crippen molar-refractivity contribution in [2.45, 2.75) is 30.9 Å². The van der Waals surface area contributed by atoms with Gasteiger partial charge >= 0.3 is 10.3 Å². The van der Waals surface area contributed by atoms with E-state index in [0.717, 1.165) is 0 Å². The SMILES string of the molecule is C=C[C@@H]1C[C@]1(N)C(=O)NS(=O)(=O)OC1CC1. The number of hydrogen-bond acceptors (Lipinski definition) is 5. The van der Waals surface area contributed by atoms with Crippen molar-refractivity contribution in [3.63, 3.8) is 0 Å². The fourth-order valence-corrected chi connectivity index (χ4v) is 2.45. The van der Waals surface area contributed by atoms with E-state index in [1.54, 1.807) is 6.08 Å². The molecule has 6 nitrogen and oxygen atoms in total. The summed E-state index contributed by atoms with van der Waals surface area (Å²) in [5, 5.41) is 0. The summed E-state index contributed by atoms with van der Waals surface area (Å²) in [5.41, 5.74) is 4.56. The molecule has 0 aromatic carbocycles. The Morgan fingerprint density at radius 3 is 2.62 bits per heavy atom. The number of nitrogens with one attached hydrogen (secondary N) is 1. The van der Waals surface area contributed by atoms with Crippen LogP contribution >= 0.6 is 0 Å². The molecule has 0 spiro atoms. The summed E-state index contributed by atoms with van der Waals surface area (Å²) < 4.78 is 29.2. The molecule has 0 radical (unpaired) electrons. The molecular formula is C9H14N2O4S. The lowest BCUT2D eigenvalue weighted by molar-refractivity contribution is -0.121. The summed E-state index contributed by atoms with van der Waals surface area (Å²) >= 11 is 0. The molecule has 0 bridgehead atoms. The van der Waals surface area contributed by atoms with Crippen LogP contribution in [0.4, 0.5) is 0 Å². The van der Waals surface area contributed by atoms with Crippen molar-refractivity contribution in [1.82, 2.24) is 4.72 Å². The highest BCUT2D eigenvalue weighted by Crippen LogP contribution is 2.42. The Morgan fingerprint density at radius 1 is 1.56 bits per heavy atom. The van der Waals surface area contributed by atoms with E-state index in [-0.39, 0.29) is 12.0 Å². The highest BCUT2D eigenvalue weighted by molar-refractivity contribution is 7.85. The fraction of sp³-hybridized carbons (Fsp3) is 0.667. The lowest BCUT2D eigenvalue weighted by Gasteiger charge is -2.11. The first-order chi connectivity index (χ1) is 7.37. The summed E-state index contributed by atoms with van der Waals surface area (Å²) in [4.78, 5) is 11.6. The third-order valence-corrected chi connectivity index (χ3v) is 3.73.